The molecule has 124 valence electrons. The first-order valence-electron chi connectivity index (χ1n) is 7.76. The summed E-state index contributed by atoms with van der Waals surface area (Å²) in [6.45, 7) is 4.51. The van der Waals surface area contributed by atoms with Gasteiger partial charge in [0.2, 0.25) is 0 Å². The van der Waals surface area contributed by atoms with Crippen LogP contribution >= 0.6 is 0 Å². The molecule has 1 aromatic carbocycles. The van der Waals surface area contributed by atoms with E-state index in [1.807, 2.05) is 43.5 Å². The number of carbonyl (C=O) groups is 1. The fraction of sp³-hybridized carbons (Fsp3) is 0.235. The molecule has 0 fully saturated rings. The minimum Gasteiger partial charge on any atom is -0.332 e. The van der Waals surface area contributed by atoms with Gasteiger partial charge in [0.15, 0.2) is 0 Å². The van der Waals surface area contributed by atoms with Crippen LogP contribution in [0.5, 0.6) is 0 Å². The highest BCUT2D eigenvalue weighted by Crippen LogP contribution is 2.21. The molecule has 2 amide bonds. The van der Waals surface area contributed by atoms with Gasteiger partial charge in [-0.05, 0) is 37.6 Å². The average molecular weight is 324 g/mol. The third kappa shape index (κ3) is 3.62. The Morgan fingerprint density at radius 1 is 1.25 bits per heavy atom. The number of rotatable bonds is 5. The Labute approximate surface area is 140 Å². The molecule has 0 aliphatic heterocycles. The predicted octanol–water partition coefficient (Wildman–Crippen LogP) is 2.85. The van der Waals surface area contributed by atoms with E-state index in [2.05, 4.69) is 37.3 Å². The lowest BCUT2D eigenvalue weighted by Crippen LogP contribution is -2.28. The summed E-state index contributed by atoms with van der Waals surface area (Å²) in [5.41, 5.74) is 2.75. The van der Waals surface area contributed by atoms with Crippen molar-refractivity contribution in [1.29, 1.82) is 0 Å². The molecular weight excluding hydrogens is 304 g/mol. The summed E-state index contributed by atoms with van der Waals surface area (Å²) in [6, 6.07) is 9.56. The number of amides is 2. The van der Waals surface area contributed by atoms with Gasteiger partial charge in [-0.3, -0.25) is 5.10 Å². The van der Waals surface area contributed by atoms with Gasteiger partial charge in [0, 0.05) is 24.3 Å². The Kier molecular flexibility index (Phi) is 4.60. The zero-order valence-corrected chi connectivity index (χ0v) is 13.7. The average Bonchev–Trinajstić information content (AvgIpc) is 3.24. The Morgan fingerprint density at radius 2 is 2.04 bits per heavy atom. The third-order valence-electron chi connectivity index (χ3n) is 3.93. The van der Waals surface area contributed by atoms with Crippen molar-refractivity contribution in [2.75, 3.05) is 5.32 Å². The zero-order valence-electron chi connectivity index (χ0n) is 13.7. The van der Waals surface area contributed by atoms with Crippen LogP contribution in [-0.4, -0.2) is 25.8 Å². The number of nitrogens with zero attached hydrogens (tertiary/aromatic N) is 3. The normalized spacial score (nSPS) is 11.9. The summed E-state index contributed by atoms with van der Waals surface area (Å²) in [5.74, 6) is 0.975. The molecule has 0 saturated carbocycles. The molecule has 1 atom stereocenters. The summed E-state index contributed by atoms with van der Waals surface area (Å²) in [5, 5.41) is 12.2. The third-order valence-corrected chi connectivity index (χ3v) is 3.93. The van der Waals surface area contributed by atoms with E-state index in [1.54, 1.807) is 12.4 Å². The second-order valence-electron chi connectivity index (χ2n) is 5.57. The van der Waals surface area contributed by atoms with Gasteiger partial charge in [0.1, 0.15) is 5.82 Å². The predicted molar refractivity (Wildman–Crippen MR) is 91.7 cm³/mol. The summed E-state index contributed by atoms with van der Waals surface area (Å²) in [4.78, 5) is 16.1. The van der Waals surface area contributed by atoms with E-state index < -0.39 is 0 Å². The zero-order chi connectivity index (χ0) is 16.9. The molecule has 0 radical (unpaired) electrons. The molecule has 0 aliphatic carbocycles. The van der Waals surface area contributed by atoms with Crippen molar-refractivity contribution < 1.29 is 4.79 Å². The highest BCUT2D eigenvalue weighted by molar-refractivity contribution is 5.89. The molecule has 2 heterocycles. The highest BCUT2D eigenvalue weighted by atomic mass is 16.2. The van der Waals surface area contributed by atoms with Crippen molar-refractivity contribution >= 4 is 11.7 Å². The van der Waals surface area contributed by atoms with E-state index in [0.29, 0.717) is 6.54 Å². The molecule has 0 saturated heterocycles. The lowest BCUT2D eigenvalue weighted by atomic mass is 10.1. The number of aromatic nitrogens is 4. The number of hydrogen-bond acceptors (Lipinski definition) is 3. The lowest BCUT2D eigenvalue weighted by Gasteiger charge is -2.16. The molecule has 24 heavy (non-hydrogen) atoms. The van der Waals surface area contributed by atoms with E-state index in [4.69, 9.17) is 0 Å². The summed E-state index contributed by atoms with van der Waals surface area (Å²) in [6.07, 6.45) is 5.41. The van der Waals surface area contributed by atoms with Crippen LogP contribution in [0.4, 0.5) is 10.5 Å². The molecule has 0 spiro atoms. The molecule has 0 bridgehead atoms. The Bertz CT molecular complexity index is 791. The highest BCUT2D eigenvalue weighted by Gasteiger charge is 2.10. The van der Waals surface area contributed by atoms with Gasteiger partial charge in [-0.15, -0.1) is 0 Å². The molecular formula is C17H20N6O. The minimum absolute atomic E-state index is 0.191. The van der Waals surface area contributed by atoms with E-state index in [-0.39, 0.29) is 12.1 Å². The fourth-order valence-corrected chi connectivity index (χ4v) is 2.54. The van der Waals surface area contributed by atoms with E-state index in [0.717, 1.165) is 22.8 Å². The molecule has 7 heteroatoms. The van der Waals surface area contributed by atoms with Gasteiger partial charge in [-0.1, -0.05) is 12.1 Å². The largest absolute Gasteiger partial charge is 0.332 e. The van der Waals surface area contributed by atoms with Crippen LogP contribution in [-0.2, 0) is 6.54 Å². The van der Waals surface area contributed by atoms with Crippen molar-refractivity contribution in [3.8, 4) is 0 Å². The first-order valence-corrected chi connectivity index (χ1v) is 7.76. The van der Waals surface area contributed by atoms with Crippen LogP contribution in [0.1, 0.15) is 30.0 Å². The summed E-state index contributed by atoms with van der Waals surface area (Å²) < 4.78 is 2.11. The van der Waals surface area contributed by atoms with Crippen LogP contribution in [0.25, 0.3) is 0 Å². The van der Waals surface area contributed by atoms with Crippen LogP contribution in [0.3, 0.4) is 0 Å². The molecule has 0 unspecified atom stereocenters. The number of urea groups is 1. The SMILES string of the molecule is Cc1nccn1[C@H](C)c1ccc(NC(=O)NCc2ccn[nH]2)cc1. The quantitative estimate of drug-likeness (QED) is 0.674. The van der Waals surface area contributed by atoms with Crippen molar-refractivity contribution in [3.05, 3.63) is 66.0 Å². The van der Waals surface area contributed by atoms with Crippen molar-refractivity contribution in [3.63, 3.8) is 0 Å². The number of aromatic amines is 1. The maximum absolute atomic E-state index is 11.9. The Morgan fingerprint density at radius 3 is 2.67 bits per heavy atom. The fourth-order valence-electron chi connectivity index (χ4n) is 2.54. The Hall–Kier alpha value is -3.09. The number of nitrogens with one attached hydrogen (secondary N) is 3. The molecule has 7 nitrogen and oxygen atoms in total. The van der Waals surface area contributed by atoms with E-state index >= 15 is 0 Å². The molecule has 0 aliphatic rings. The first kappa shape index (κ1) is 15.8. The van der Waals surface area contributed by atoms with Gasteiger partial charge < -0.3 is 15.2 Å². The monoisotopic (exact) mass is 324 g/mol. The number of carbonyl (C=O) groups excluding carboxylic acids is 1. The van der Waals surface area contributed by atoms with E-state index in [1.165, 1.54) is 0 Å². The van der Waals surface area contributed by atoms with Gasteiger partial charge in [0.05, 0.1) is 18.3 Å². The second kappa shape index (κ2) is 6.99. The van der Waals surface area contributed by atoms with Crippen LogP contribution < -0.4 is 10.6 Å². The smallest absolute Gasteiger partial charge is 0.319 e. The van der Waals surface area contributed by atoms with Crippen LogP contribution in [0.15, 0.2) is 48.9 Å². The standard InChI is InChI=1S/C17H20N6O/c1-12(23-10-9-18-13(23)2)14-3-5-15(6-4-14)21-17(24)19-11-16-7-8-20-22-16/h3-10,12H,11H2,1-2H3,(H,20,22)(H2,19,21,24)/t12-/m1/s1. The van der Waals surface area contributed by atoms with Gasteiger partial charge in [0.25, 0.3) is 0 Å². The summed E-state index contributed by atoms with van der Waals surface area (Å²) in [7, 11) is 0. The van der Waals surface area contributed by atoms with Crippen molar-refractivity contribution in [1.82, 2.24) is 25.1 Å². The molecule has 3 aromatic rings. The van der Waals surface area contributed by atoms with Gasteiger partial charge >= 0.3 is 6.03 Å². The number of imidazole rings is 1. The second-order valence-corrected chi connectivity index (χ2v) is 5.57. The molecule has 3 rings (SSSR count). The number of anilines is 1. The van der Waals surface area contributed by atoms with Crippen molar-refractivity contribution in [2.45, 2.75) is 26.4 Å². The first-order chi connectivity index (χ1) is 11.6. The number of H-pyrrole nitrogens is 1. The van der Waals surface area contributed by atoms with E-state index in [9.17, 15) is 4.79 Å². The number of benzene rings is 1. The lowest BCUT2D eigenvalue weighted by molar-refractivity contribution is 0.251. The maximum Gasteiger partial charge on any atom is 0.319 e. The maximum atomic E-state index is 11.9. The molecule has 2 aromatic heterocycles. The summed E-state index contributed by atoms with van der Waals surface area (Å²) >= 11 is 0. The van der Waals surface area contributed by atoms with Gasteiger partial charge in [-0.2, -0.15) is 5.10 Å². The minimum atomic E-state index is -0.254. The number of aryl methyl sites for hydroxylation is 1. The molecule has 3 N–H and O–H groups in total. The van der Waals surface area contributed by atoms with Crippen LogP contribution in [0.2, 0.25) is 0 Å². The van der Waals surface area contributed by atoms with Gasteiger partial charge in [-0.25, -0.2) is 9.78 Å². The topological polar surface area (TPSA) is 87.6 Å². The van der Waals surface area contributed by atoms with Crippen LogP contribution in [0, 0.1) is 6.92 Å². The number of hydrogen-bond donors (Lipinski definition) is 3. The Balaban J connectivity index is 1.58. The van der Waals surface area contributed by atoms with Crippen molar-refractivity contribution in [2.24, 2.45) is 0 Å².